The molecule has 2 amide bonds. The summed E-state index contributed by atoms with van der Waals surface area (Å²) in [5, 5.41) is 7.11. The zero-order valence-corrected chi connectivity index (χ0v) is 13.0. The Morgan fingerprint density at radius 3 is 2.65 bits per heavy atom. The molecular formula is C14H19Cl2N3O. The molecule has 0 aromatic heterocycles. The van der Waals surface area contributed by atoms with Gasteiger partial charge < -0.3 is 15.5 Å². The van der Waals surface area contributed by atoms with Gasteiger partial charge in [-0.1, -0.05) is 23.2 Å². The van der Waals surface area contributed by atoms with E-state index in [9.17, 15) is 4.79 Å². The number of nitrogens with one attached hydrogen (secondary N) is 2. The number of hydrogen-bond acceptors (Lipinski definition) is 2. The monoisotopic (exact) mass is 315 g/mol. The van der Waals surface area contributed by atoms with Gasteiger partial charge in [-0.2, -0.15) is 0 Å². The normalized spacial score (nSPS) is 15.9. The summed E-state index contributed by atoms with van der Waals surface area (Å²) in [6.45, 7) is 4.61. The molecule has 0 spiro atoms. The van der Waals surface area contributed by atoms with Crippen molar-refractivity contribution in [2.75, 3.05) is 25.0 Å². The summed E-state index contributed by atoms with van der Waals surface area (Å²) in [5.41, 5.74) is 0.664. The average Bonchev–Trinajstić information content (AvgIpc) is 2.45. The number of halogens is 2. The van der Waals surface area contributed by atoms with Crippen LogP contribution < -0.4 is 10.6 Å². The van der Waals surface area contributed by atoms with Crippen LogP contribution in [-0.4, -0.2) is 36.6 Å². The summed E-state index contributed by atoms with van der Waals surface area (Å²) >= 11 is 11.8. The van der Waals surface area contributed by atoms with Crippen molar-refractivity contribution in [1.82, 2.24) is 10.2 Å². The lowest BCUT2D eigenvalue weighted by Crippen LogP contribution is -2.47. The molecule has 2 N–H and O–H groups in total. The van der Waals surface area contributed by atoms with Crippen molar-refractivity contribution in [3.8, 4) is 0 Å². The Bertz CT molecular complexity index is 475. The molecule has 1 aliphatic heterocycles. The van der Waals surface area contributed by atoms with E-state index in [0.717, 1.165) is 25.9 Å². The first-order valence-electron chi connectivity index (χ1n) is 6.85. The highest BCUT2D eigenvalue weighted by atomic mass is 35.5. The van der Waals surface area contributed by atoms with E-state index in [0.29, 0.717) is 28.3 Å². The summed E-state index contributed by atoms with van der Waals surface area (Å²) in [5.74, 6) is 0. The molecule has 0 aliphatic carbocycles. The van der Waals surface area contributed by atoms with E-state index in [1.54, 1.807) is 18.2 Å². The highest BCUT2D eigenvalue weighted by Gasteiger charge is 2.23. The predicted octanol–water partition coefficient (Wildman–Crippen LogP) is 3.60. The van der Waals surface area contributed by atoms with Crippen molar-refractivity contribution >= 4 is 34.9 Å². The Kier molecular flexibility index (Phi) is 5.52. The second-order valence-corrected chi connectivity index (χ2v) is 5.64. The van der Waals surface area contributed by atoms with E-state index in [1.165, 1.54) is 0 Å². The minimum atomic E-state index is -0.0854. The lowest BCUT2D eigenvalue weighted by atomic mass is 10.1. The van der Waals surface area contributed by atoms with Crippen molar-refractivity contribution in [1.29, 1.82) is 0 Å². The molecule has 2 rings (SSSR count). The molecule has 0 radical (unpaired) electrons. The highest BCUT2D eigenvalue weighted by molar-refractivity contribution is 6.42. The number of benzene rings is 1. The zero-order chi connectivity index (χ0) is 14.5. The van der Waals surface area contributed by atoms with Gasteiger partial charge in [0.1, 0.15) is 0 Å². The van der Waals surface area contributed by atoms with Crippen LogP contribution in [0.1, 0.15) is 19.8 Å². The van der Waals surface area contributed by atoms with Crippen LogP contribution in [0.4, 0.5) is 10.5 Å². The van der Waals surface area contributed by atoms with Crippen LogP contribution in [-0.2, 0) is 0 Å². The fourth-order valence-electron chi connectivity index (χ4n) is 2.46. The number of anilines is 1. The lowest BCUT2D eigenvalue weighted by molar-refractivity contribution is 0.175. The van der Waals surface area contributed by atoms with Crippen LogP contribution in [0.3, 0.4) is 0 Å². The summed E-state index contributed by atoms with van der Waals surface area (Å²) in [6.07, 6.45) is 1.98. The standard InChI is InChI=1S/C14H19Cl2N3O/c1-2-19(11-5-7-17-8-6-11)14(20)18-10-3-4-12(15)13(16)9-10/h3-4,9,11,17H,2,5-8H2,1H3,(H,18,20). The second-order valence-electron chi connectivity index (χ2n) is 4.83. The van der Waals surface area contributed by atoms with Gasteiger partial charge in [0.25, 0.3) is 0 Å². The molecule has 1 aromatic carbocycles. The molecule has 6 heteroatoms. The molecule has 4 nitrogen and oxygen atoms in total. The topological polar surface area (TPSA) is 44.4 Å². The summed E-state index contributed by atoms with van der Waals surface area (Å²) in [7, 11) is 0. The first kappa shape index (κ1) is 15.4. The van der Waals surface area contributed by atoms with Crippen LogP contribution >= 0.6 is 23.2 Å². The number of carbonyl (C=O) groups excluding carboxylic acids is 1. The van der Waals surface area contributed by atoms with E-state index in [2.05, 4.69) is 10.6 Å². The van der Waals surface area contributed by atoms with Crippen LogP contribution in [0.25, 0.3) is 0 Å². The first-order valence-corrected chi connectivity index (χ1v) is 7.60. The van der Waals surface area contributed by atoms with Gasteiger partial charge >= 0.3 is 6.03 Å². The molecule has 1 heterocycles. The minimum Gasteiger partial charge on any atom is -0.322 e. The number of hydrogen-bond donors (Lipinski definition) is 2. The molecule has 1 fully saturated rings. The van der Waals surface area contributed by atoms with Crippen molar-refractivity contribution in [2.24, 2.45) is 0 Å². The van der Waals surface area contributed by atoms with E-state index >= 15 is 0 Å². The Balaban J connectivity index is 2.02. The van der Waals surface area contributed by atoms with Gasteiger partial charge in [-0.3, -0.25) is 0 Å². The Hall–Kier alpha value is -0.970. The third-order valence-corrected chi connectivity index (χ3v) is 4.26. The maximum atomic E-state index is 12.4. The Labute approximate surface area is 129 Å². The second kappa shape index (κ2) is 7.16. The van der Waals surface area contributed by atoms with Crippen LogP contribution in [0, 0.1) is 0 Å². The summed E-state index contributed by atoms with van der Waals surface area (Å²) < 4.78 is 0. The summed E-state index contributed by atoms with van der Waals surface area (Å²) in [6, 6.07) is 5.31. The van der Waals surface area contributed by atoms with Gasteiger partial charge in [-0.25, -0.2) is 4.79 Å². The van der Waals surface area contributed by atoms with Crippen molar-refractivity contribution in [3.05, 3.63) is 28.2 Å². The smallest absolute Gasteiger partial charge is 0.322 e. The van der Waals surface area contributed by atoms with Gasteiger partial charge in [0.2, 0.25) is 0 Å². The van der Waals surface area contributed by atoms with E-state index in [4.69, 9.17) is 23.2 Å². The Morgan fingerprint density at radius 2 is 2.05 bits per heavy atom. The third-order valence-electron chi connectivity index (χ3n) is 3.52. The van der Waals surface area contributed by atoms with Gasteiger partial charge in [0.15, 0.2) is 0 Å². The van der Waals surface area contributed by atoms with Crippen molar-refractivity contribution in [2.45, 2.75) is 25.8 Å². The largest absolute Gasteiger partial charge is 0.322 e. The third kappa shape index (κ3) is 3.78. The quantitative estimate of drug-likeness (QED) is 0.895. The highest BCUT2D eigenvalue weighted by Crippen LogP contribution is 2.25. The average molecular weight is 316 g/mol. The Morgan fingerprint density at radius 1 is 1.35 bits per heavy atom. The van der Waals surface area contributed by atoms with Gasteiger partial charge in [-0.05, 0) is 51.1 Å². The van der Waals surface area contributed by atoms with E-state index in [-0.39, 0.29) is 6.03 Å². The molecule has 0 saturated carbocycles. The minimum absolute atomic E-state index is 0.0854. The predicted molar refractivity (Wildman–Crippen MR) is 83.8 cm³/mol. The molecule has 1 saturated heterocycles. The molecule has 20 heavy (non-hydrogen) atoms. The van der Waals surface area contributed by atoms with Crippen LogP contribution in [0.2, 0.25) is 10.0 Å². The summed E-state index contributed by atoms with van der Waals surface area (Å²) in [4.78, 5) is 14.2. The molecule has 1 aromatic rings. The van der Waals surface area contributed by atoms with E-state index < -0.39 is 0 Å². The van der Waals surface area contributed by atoms with Gasteiger partial charge in [0, 0.05) is 18.3 Å². The number of carbonyl (C=O) groups is 1. The van der Waals surface area contributed by atoms with Crippen LogP contribution in [0.15, 0.2) is 18.2 Å². The van der Waals surface area contributed by atoms with Crippen molar-refractivity contribution in [3.63, 3.8) is 0 Å². The lowest BCUT2D eigenvalue weighted by Gasteiger charge is -2.33. The first-order chi connectivity index (χ1) is 9.61. The molecule has 0 atom stereocenters. The number of amides is 2. The fraction of sp³-hybridized carbons (Fsp3) is 0.500. The van der Waals surface area contributed by atoms with Crippen molar-refractivity contribution < 1.29 is 4.79 Å². The molecule has 110 valence electrons. The van der Waals surface area contributed by atoms with E-state index in [1.807, 2.05) is 11.8 Å². The van der Waals surface area contributed by atoms with Gasteiger partial charge in [-0.15, -0.1) is 0 Å². The number of rotatable bonds is 3. The number of nitrogens with zero attached hydrogens (tertiary/aromatic N) is 1. The number of urea groups is 1. The number of piperidine rings is 1. The molecular weight excluding hydrogens is 297 g/mol. The van der Waals surface area contributed by atoms with Gasteiger partial charge in [0.05, 0.1) is 10.0 Å². The van der Waals surface area contributed by atoms with Crippen LogP contribution in [0.5, 0.6) is 0 Å². The zero-order valence-electron chi connectivity index (χ0n) is 11.5. The SMILES string of the molecule is CCN(C(=O)Nc1ccc(Cl)c(Cl)c1)C1CCNCC1. The molecule has 1 aliphatic rings. The maximum Gasteiger partial charge on any atom is 0.322 e. The maximum absolute atomic E-state index is 12.4. The molecule has 0 unspecified atom stereocenters. The fourth-order valence-corrected chi connectivity index (χ4v) is 2.75. The molecule has 0 bridgehead atoms.